The number of halogens is 3. The summed E-state index contributed by atoms with van der Waals surface area (Å²) in [5.74, 6) is 1.09. The number of furan rings is 1. The third-order valence-corrected chi connectivity index (χ3v) is 2.44. The van der Waals surface area contributed by atoms with Crippen LogP contribution >= 0.6 is 0 Å². The largest absolute Gasteiger partial charge is 0.469 e. The first-order valence-electron chi connectivity index (χ1n) is 5.65. The van der Waals surface area contributed by atoms with Crippen LogP contribution in [0.15, 0.2) is 34.9 Å². The van der Waals surface area contributed by atoms with Gasteiger partial charge in [0, 0.05) is 12.5 Å². The van der Waals surface area contributed by atoms with Gasteiger partial charge in [0.15, 0.2) is 5.69 Å². The molecule has 0 saturated carbocycles. The molecule has 2 aromatic rings. The fourth-order valence-electron chi connectivity index (χ4n) is 1.59. The molecular formula is C12H12F3N3O. The first kappa shape index (κ1) is 13.4. The minimum absolute atomic E-state index is 0.0304. The Hall–Kier alpha value is -2.05. The average Bonchev–Trinajstić information content (AvgIpc) is 2.81. The van der Waals surface area contributed by atoms with Crippen molar-refractivity contribution in [3.63, 3.8) is 0 Å². The SMILES string of the molecule is CC(Cc1ccco1)Nc1ccc(C(F)(F)F)nn1. The fraction of sp³-hybridized carbons (Fsp3) is 0.333. The van der Waals surface area contributed by atoms with E-state index in [1.54, 1.807) is 12.3 Å². The molecular weight excluding hydrogens is 259 g/mol. The molecule has 2 heterocycles. The van der Waals surface area contributed by atoms with Gasteiger partial charge in [-0.25, -0.2) is 0 Å². The van der Waals surface area contributed by atoms with Gasteiger partial charge < -0.3 is 9.73 Å². The zero-order valence-electron chi connectivity index (χ0n) is 10.1. The van der Waals surface area contributed by atoms with E-state index >= 15 is 0 Å². The molecule has 0 bridgehead atoms. The summed E-state index contributed by atoms with van der Waals surface area (Å²) in [6.07, 6.45) is -2.29. The molecule has 0 radical (unpaired) electrons. The summed E-state index contributed by atoms with van der Waals surface area (Å²) in [7, 11) is 0. The standard InChI is InChI=1S/C12H12F3N3O/c1-8(7-9-3-2-6-19-9)16-11-5-4-10(17-18-11)12(13,14)15/h2-6,8H,7H2,1H3,(H,16,18). The molecule has 19 heavy (non-hydrogen) atoms. The van der Waals surface area contributed by atoms with Crippen LogP contribution in [0.25, 0.3) is 0 Å². The van der Waals surface area contributed by atoms with Gasteiger partial charge in [0.25, 0.3) is 0 Å². The smallest absolute Gasteiger partial charge is 0.435 e. The predicted molar refractivity (Wildman–Crippen MR) is 62.5 cm³/mol. The van der Waals surface area contributed by atoms with Crippen molar-refractivity contribution in [1.82, 2.24) is 10.2 Å². The molecule has 102 valence electrons. The Morgan fingerprint density at radius 2 is 2.05 bits per heavy atom. The zero-order chi connectivity index (χ0) is 13.9. The Kier molecular flexibility index (Phi) is 3.73. The van der Waals surface area contributed by atoms with E-state index in [-0.39, 0.29) is 6.04 Å². The second kappa shape index (κ2) is 5.29. The summed E-state index contributed by atoms with van der Waals surface area (Å²) in [6, 6.07) is 5.73. The third-order valence-electron chi connectivity index (χ3n) is 2.44. The molecule has 2 aromatic heterocycles. The van der Waals surface area contributed by atoms with Crippen LogP contribution < -0.4 is 5.32 Å². The normalized spacial score (nSPS) is 13.3. The maximum absolute atomic E-state index is 12.3. The van der Waals surface area contributed by atoms with Crippen molar-refractivity contribution in [3.8, 4) is 0 Å². The lowest BCUT2D eigenvalue weighted by atomic mass is 10.2. The van der Waals surface area contributed by atoms with E-state index in [1.165, 1.54) is 6.07 Å². The molecule has 0 fully saturated rings. The highest BCUT2D eigenvalue weighted by Gasteiger charge is 2.32. The molecule has 0 spiro atoms. The number of hydrogen-bond donors (Lipinski definition) is 1. The number of alkyl halides is 3. The van der Waals surface area contributed by atoms with Crippen LogP contribution in [0.3, 0.4) is 0 Å². The summed E-state index contributed by atoms with van der Waals surface area (Å²) >= 11 is 0. The van der Waals surface area contributed by atoms with E-state index in [9.17, 15) is 13.2 Å². The zero-order valence-corrected chi connectivity index (χ0v) is 10.1. The molecule has 0 aromatic carbocycles. The second-order valence-electron chi connectivity index (χ2n) is 4.13. The number of nitrogens with zero attached hydrogens (tertiary/aromatic N) is 2. The van der Waals surface area contributed by atoms with Crippen molar-refractivity contribution in [2.75, 3.05) is 5.32 Å². The Balaban J connectivity index is 1.96. The van der Waals surface area contributed by atoms with Gasteiger partial charge in [0.05, 0.1) is 6.26 Å². The van der Waals surface area contributed by atoms with Crippen molar-refractivity contribution in [2.45, 2.75) is 25.6 Å². The number of hydrogen-bond acceptors (Lipinski definition) is 4. The topological polar surface area (TPSA) is 51.0 Å². The lowest BCUT2D eigenvalue weighted by Gasteiger charge is -2.13. The van der Waals surface area contributed by atoms with Crippen LogP contribution in [-0.2, 0) is 12.6 Å². The van der Waals surface area contributed by atoms with Crippen LogP contribution in [0.2, 0.25) is 0 Å². The van der Waals surface area contributed by atoms with Crippen molar-refractivity contribution < 1.29 is 17.6 Å². The Morgan fingerprint density at radius 1 is 1.26 bits per heavy atom. The molecule has 0 amide bonds. The summed E-state index contributed by atoms with van der Waals surface area (Å²) < 4.78 is 42.1. The van der Waals surface area contributed by atoms with Gasteiger partial charge in [0.1, 0.15) is 11.6 Å². The highest BCUT2D eigenvalue weighted by atomic mass is 19.4. The van der Waals surface area contributed by atoms with Gasteiger partial charge in [-0.3, -0.25) is 0 Å². The third kappa shape index (κ3) is 3.70. The Labute approximate surface area is 107 Å². The van der Waals surface area contributed by atoms with Gasteiger partial charge in [-0.15, -0.1) is 10.2 Å². The van der Waals surface area contributed by atoms with Crippen LogP contribution in [0, 0.1) is 0 Å². The van der Waals surface area contributed by atoms with Gasteiger partial charge in [0.2, 0.25) is 0 Å². The monoisotopic (exact) mass is 271 g/mol. The maximum atomic E-state index is 12.3. The highest BCUT2D eigenvalue weighted by Crippen LogP contribution is 2.27. The number of rotatable bonds is 4. The van der Waals surface area contributed by atoms with E-state index in [2.05, 4.69) is 15.5 Å². The highest BCUT2D eigenvalue weighted by molar-refractivity contribution is 5.34. The summed E-state index contributed by atoms with van der Waals surface area (Å²) in [5.41, 5.74) is -1.00. The van der Waals surface area contributed by atoms with Crippen LogP contribution in [0.5, 0.6) is 0 Å². The van der Waals surface area contributed by atoms with E-state index in [0.29, 0.717) is 12.2 Å². The molecule has 1 atom stereocenters. The molecule has 0 aliphatic rings. The van der Waals surface area contributed by atoms with Crippen LogP contribution in [0.4, 0.5) is 19.0 Å². The van der Waals surface area contributed by atoms with Gasteiger partial charge >= 0.3 is 6.18 Å². The van der Waals surface area contributed by atoms with Gasteiger partial charge in [-0.1, -0.05) is 0 Å². The van der Waals surface area contributed by atoms with Crippen molar-refractivity contribution in [3.05, 3.63) is 42.0 Å². The number of aromatic nitrogens is 2. The number of nitrogens with one attached hydrogen (secondary N) is 1. The molecule has 7 heteroatoms. The van der Waals surface area contributed by atoms with E-state index in [0.717, 1.165) is 11.8 Å². The molecule has 1 unspecified atom stereocenters. The lowest BCUT2D eigenvalue weighted by molar-refractivity contribution is -0.141. The minimum atomic E-state index is -4.47. The molecule has 4 nitrogen and oxygen atoms in total. The molecule has 0 aliphatic heterocycles. The lowest BCUT2D eigenvalue weighted by Crippen LogP contribution is -2.19. The molecule has 0 aliphatic carbocycles. The Bertz CT molecular complexity index is 508. The van der Waals surface area contributed by atoms with E-state index < -0.39 is 11.9 Å². The molecule has 0 saturated heterocycles. The van der Waals surface area contributed by atoms with Crippen molar-refractivity contribution >= 4 is 5.82 Å². The van der Waals surface area contributed by atoms with Gasteiger partial charge in [-0.05, 0) is 31.2 Å². The van der Waals surface area contributed by atoms with E-state index in [1.807, 2.05) is 13.0 Å². The van der Waals surface area contributed by atoms with Crippen molar-refractivity contribution in [1.29, 1.82) is 0 Å². The number of anilines is 1. The first-order valence-corrected chi connectivity index (χ1v) is 5.65. The predicted octanol–water partition coefficient (Wildman–Crippen LogP) is 3.13. The average molecular weight is 271 g/mol. The molecule has 2 rings (SSSR count). The minimum Gasteiger partial charge on any atom is -0.469 e. The van der Waals surface area contributed by atoms with Crippen LogP contribution in [-0.4, -0.2) is 16.2 Å². The maximum Gasteiger partial charge on any atom is 0.435 e. The summed E-state index contributed by atoms with van der Waals surface area (Å²) in [6.45, 7) is 1.88. The summed E-state index contributed by atoms with van der Waals surface area (Å²) in [4.78, 5) is 0. The van der Waals surface area contributed by atoms with Crippen molar-refractivity contribution in [2.24, 2.45) is 0 Å². The van der Waals surface area contributed by atoms with Gasteiger partial charge in [-0.2, -0.15) is 13.2 Å². The van der Waals surface area contributed by atoms with Crippen LogP contribution in [0.1, 0.15) is 18.4 Å². The quantitative estimate of drug-likeness (QED) is 0.928. The van der Waals surface area contributed by atoms with E-state index in [4.69, 9.17) is 4.42 Å². The Morgan fingerprint density at radius 3 is 2.58 bits per heavy atom. The summed E-state index contributed by atoms with van der Waals surface area (Å²) in [5, 5.41) is 9.60. The molecule has 1 N–H and O–H groups in total. The fourth-order valence-corrected chi connectivity index (χ4v) is 1.59. The second-order valence-corrected chi connectivity index (χ2v) is 4.13. The first-order chi connectivity index (χ1) is 8.95.